The maximum atomic E-state index is 6.09. The molecule has 5 nitrogen and oxygen atoms in total. The van der Waals surface area contributed by atoms with Crippen LogP contribution in [0.25, 0.3) is 11.0 Å². The first-order valence-electron chi connectivity index (χ1n) is 8.91. The lowest BCUT2D eigenvalue weighted by Crippen LogP contribution is -2.24. The largest absolute Gasteiger partial charge is 0.370 e. The summed E-state index contributed by atoms with van der Waals surface area (Å²) in [5.41, 5.74) is 12.1. The first-order chi connectivity index (χ1) is 12.3. The normalized spacial score (nSPS) is 14.5. The molecule has 0 fully saturated rings. The molecule has 1 heterocycles. The van der Waals surface area contributed by atoms with Gasteiger partial charge in [-0.1, -0.05) is 24.3 Å². The molecule has 3 aromatic rings. The van der Waals surface area contributed by atoms with Gasteiger partial charge in [0, 0.05) is 18.7 Å². The summed E-state index contributed by atoms with van der Waals surface area (Å²) in [6.07, 6.45) is 5.54. The number of rotatable bonds is 4. The lowest BCUT2D eigenvalue weighted by atomic mass is 9.90. The number of benzene rings is 2. The van der Waals surface area contributed by atoms with Crippen LogP contribution in [0.1, 0.15) is 29.8 Å². The number of H-pyrrole nitrogens is 1. The third-order valence-electron chi connectivity index (χ3n) is 4.73. The van der Waals surface area contributed by atoms with Crippen LogP contribution in [-0.2, 0) is 19.3 Å². The number of nitrogens with one attached hydrogen (secondary N) is 2. The third kappa shape index (κ3) is 3.50. The van der Waals surface area contributed by atoms with Crippen LogP contribution in [0.3, 0.4) is 0 Å². The van der Waals surface area contributed by atoms with Crippen LogP contribution in [0.5, 0.6) is 0 Å². The molecule has 0 saturated heterocycles. The van der Waals surface area contributed by atoms with Gasteiger partial charge in [0.05, 0.1) is 11.0 Å². The molecule has 0 bridgehead atoms. The molecule has 0 spiro atoms. The monoisotopic (exact) mass is 333 g/mol. The Morgan fingerprint density at radius 1 is 1.12 bits per heavy atom. The molecular formula is C20H23N5. The van der Waals surface area contributed by atoms with Crippen molar-refractivity contribution in [3.8, 4) is 0 Å². The number of guanidine groups is 1. The highest BCUT2D eigenvalue weighted by atomic mass is 15.1. The predicted octanol–water partition coefficient (Wildman–Crippen LogP) is 3.41. The molecule has 0 saturated carbocycles. The van der Waals surface area contributed by atoms with Gasteiger partial charge in [-0.15, -0.1) is 0 Å². The minimum Gasteiger partial charge on any atom is -0.370 e. The summed E-state index contributed by atoms with van der Waals surface area (Å²) < 4.78 is 0. The number of nitrogens with zero attached hydrogens (tertiary/aromatic N) is 2. The zero-order valence-corrected chi connectivity index (χ0v) is 14.3. The van der Waals surface area contributed by atoms with E-state index in [1.54, 1.807) is 0 Å². The summed E-state index contributed by atoms with van der Waals surface area (Å²) in [5.74, 6) is 1.41. The van der Waals surface area contributed by atoms with Crippen molar-refractivity contribution in [1.29, 1.82) is 0 Å². The van der Waals surface area contributed by atoms with Gasteiger partial charge >= 0.3 is 0 Å². The average Bonchev–Trinajstić information content (AvgIpc) is 3.05. The molecule has 2 aromatic carbocycles. The predicted molar refractivity (Wildman–Crippen MR) is 103 cm³/mol. The van der Waals surface area contributed by atoms with Gasteiger partial charge in [-0.05, 0) is 55.0 Å². The van der Waals surface area contributed by atoms with Crippen molar-refractivity contribution in [3.63, 3.8) is 0 Å². The first-order valence-corrected chi connectivity index (χ1v) is 8.91. The van der Waals surface area contributed by atoms with Crippen LogP contribution >= 0.6 is 0 Å². The van der Waals surface area contributed by atoms with E-state index in [9.17, 15) is 0 Å². The van der Waals surface area contributed by atoms with Gasteiger partial charge in [0.1, 0.15) is 5.82 Å². The number of aromatic nitrogens is 2. The van der Waals surface area contributed by atoms with Crippen molar-refractivity contribution in [2.75, 3.05) is 11.9 Å². The SMILES string of the molecule is NC(=NCCc1nc2ccccc2[nH]1)Nc1cccc2c1CCCC2. The summed E-state index contributed by atoms with van der Waals surface area (Å²) in [5, 5.41) is 3.28. The van der Waals surface area contributed by atoms with Gasteiger partial charge in [-0.3, -0.25) is 4.99 Å². The number of nitrogens with two attached hydrogens (primary N) is 1. The van der Waals surface area contributed by atoms with Crippen LogP contribution in [-0.4, -0.2) is 22.5 Å². The molecule has 4 rings (SSSR count). The number of aromatic amines is 1. The fourth-order valence-electron chi connectivity index (χ4n) is 3.48. The molecular weight excluding hydrogens is 310 g/mol. The van der Waals surface area contributed by atoms with Crippen molar-refractivity contribution >= 4 is 22.7 Å². The number of hydrogen-bond acceptors (Lipinski definition) is 2. The number of anilines is 1. The van der Waals surface area contributed by atoms with Crippen LogP contribution in [0.4, 0.5) is 5.69 Å². The lowest BCUT2D eigenvalue weighted by molar-refractivity contribution is 0.687. The minimum atomic E-state index is 0.468. The fraction of sp³-hybridized carbons (Fsp3) is 0.300. The molecule has 0 radical (unpaired) electrons. The Bertz CT molecular complexity index is 876. The highest BCUT2D eigenvalue weighted by Crippen LogP contribution is 2.27. The molecule has 1 aliphatic carbocycles. The first kappa shape index (κ1) is 15.7. The summed E-state index contributed by atoms with van der Waals surface area (Å²) in [6.45, 7) is 0.605. The Hall–Kier alpha value is -2.82. The molecule has 5 heteroatoms. The van der Waals surface area contributed by atoms with E-state index in [0.29, 0.717) is 12.5 Å². The van der Waals surface area contributed by atoms with Crippen molar-refractivity contribution < 1.29 is 0 Å². The van der Waals surface area contributed by atoms with Gasteiger partial charge in [0.15, 0.2) is 5.96 Å². The maximum absolute atomic E-state index is 6.09. The zero-order valence-electron chi connectivity index (χ0n) is 14.3. The fourth-order valence-corrected chi connectivity index (χ4v) is 3.48. The lowest BCUT2D eigenvalue weighted by Gasteiger charge is -2.19. The zero-order chi connectivity index (χ0) is 17.1. The topological polar surface area (TPSA) is 79.1 Å². The van der Waals surface area contributed by atoms with Crippen LogP contribution in [0, 0.1) is 0 Å². The average molecular weight is 333 g/mol. The van der Waals surface area contributed by atoms with Crippen LogP contribution < -0.4 is 11.1 Å². The van der Waals surface area contributed by atoms with Crippen LogP contribution in [0.15, 0.2) is 47.5 Å². The van der Waals surface area contributed by atoms with Crippen molar-refractivity contribution in [3.05, 3.63) is 59.4 Å². The second-order valence-corrected chi connectivity index (χ2v) is 6.49. The molecule has 0 aliphatic heterocycles. The third-order valence-corrected chi connectivity index (χ3v) is 4.73. The minimum absolute atomic E-state index is 0.468. The van der Waals surface area contributed by atoms with E-state index >= 15 is 0 Å². The van der Waals surface area contributed by atoms with Gasteiger partial charge in [-0.2, -0.15) is 0 Å². The van der Waals surface area contributed by atoms with Crippen LogP contribution in [0.2, 0.25) is 0 Å². The Kier molecular flexibility index (Phi) is 4.37. The number of para-hydroxylation sites is 2. The Morgan fingerprint density at radius 2 is 2.00 bits per heavy atom. The van der Waals surface area contributed by atoms with Gasteiger partial charge < -0.3 is 16.0 Å². The molecule has 25 heavy (non-hydrogen) atoms. The van der Waals surface area contributed by atoms with Gasteiger partial charge in [-0.25, -0.2) is 4.98 Å². The van der Waals surface area contributed by atoms with E-state index in [4.69, 9.17) is 5.73 Å². The van der Waals surface area contributed by atoms with E-state index in [-0.39, 0.29) is 0 Å². The molecule has 0 amide bonds. The Labute approximate surface area is 147 Å². The van der Waals surface area contributed by atoms with E-state index in [0.717, 1.165) is 41.8 Å². The Balaban J connectivity index is 1.40. The summed E-state index contributed by atoms with van der Waals surface area (Å²) >= 11 is 0. The standard InChI is InChI=1S/C20H23N5/c21-20(25-16-11-5-7-14-6-1-2-8-15(14)16)22-13-12-19-23-17-9-3-4-10-18(17)24-19/h3-5,7,9-11H,1-2,6,8,12-13H2,(H,23,24)(H3,21,22,25). The van der Waals surface area contributed by atoms with Gasteiger partial charge in [0.2, 0.25) is 0 Å². The molecule has 0 unspecified atom stereocenters. The molecule has 4 N–H and O–H groups in total. The molecule has 1 aliphatic rings. The van der Waals surface area contributed by atoms with Crippen molar-refractivity contribution in [1.82, 2.24) is 9.97 Å². The Morgan fingerprint density at radius 3 is 2.92 bits per heavy atom. The second kappa shape index (κ2) is 6.97. The van der Waals surface area contributed by atoms with E-state index < -0.39 is 0 Å². The summed E-state index contributed by atoms with van der Waals surface area (Å²) in [4.78, 5) is 12.3. The highest BCUT2D eigenvalue weighted by Gasteiger charge is 2.13. The van der Waals surface area contributed by atoms with Gasteiger partial charge in [0.25, 0.3) is 0 Å². The van der Waals surface area contributed by atoms with E-state index in [1.807, 2.05) is 24.3 Å². The second-order valence-electron chi connectivity index (χ2n) is 6.49. The molecule has 0 atom stereocenters. The maximum Gasteiger partial charge on any atom is 0.193 e. The highest BCUT2D eigenvalue weighted by molar-refractivity contribution is 5.93. The van der Waals surface area contributed by atoms with E-state index in [2.05, 4.69) is 38.5 Å². The van der Waals surface area contributed by atoms with Crippen molar-refractivity contribution in [2.45, 2.75) is 32.1 Å². The quantitative estimate of drug-likeness (QED) is 0.506. The van der Waals surface area contributed by atoms with Crippen molar-refractivity contribution in [2.24, 2.45) is 10.7 Å². The number of imidazole rings is 1. The number of fused-ring (bicyclic) bond motifs is 2. The van der Waals surface area contributed by atoms with E-state index in [1.165, 1.54) is 24.0 Å². The molecule has 128 valence electrons. The molecule has 1 aromatic heterocycles. The number of aliphatic imine (C=N–C) groups is 1. The number of aryl methyl sites for hydroxylation is 1. The summed E-state index contributed by atoms with van der Waals surface area (Å²) in [7, 11) is 0. The smallest absolute Gasteiger partial charge is 0.193 e. The number of hydrogen-bond donors (Lipinski definition) is 3. The summed E-state index contributed by atoms with van der Waals surface area (Å²) in [6, 6.07) is 14.4.